The predicted octanol–water partition coefficient (Wildman–Crippen LogP) is 8.23. The highest BCUT2D eigenvalue weighted by atomic mass is 16.5. The van der Waals surface area contributed by atoms with Crippen LogP contribution in [-0.4, -0.2) is 38.6 Å². The molecule has 1 atom stereocenters. The lowest BCUT2D eigenvalue weighted by Crippen LogP contribution is -2.39. The summed E-state index contributed by atoms with van der Waals surface area (Å²) in [5, 5.41) is 9.51. The Morgan fingerprint density at radius 1 is 1.04 bits per heavy atom. The van der Waals surface area contributed by atoms with Crippen molar-refractivity contribution in [3.05, 3.63) is 125 Å². The molecule has 0 fully saturated rings. The highest BCUT2D eigenvalue weighted by Crippen LogP contribution is 2.33. The van der Waals surface area contributed by atoms with E-state index in [9.17, 15) is 9.90 Å². The van der Waals surface area contributed by atoms with Gasteiger partial charge in [-0.25, -0.2) is 4.79 Å². The number of hydrogen-bond donors (Lipinski definition) is 1. The lowest BCUT2D eigenvalue weighted by Gasteiger charge is -2.35. The fourth-order valence-electron chi connectivity index (χ4n) is 5.66. The maximum Gasteiger partial charge on any atom is 0.335 e. The zero-order valence-electron chi connectivity index (χ0n) is 26.9. The number of allylic oxidation sites excluding steroid dienone is 3. The number of aromatic carboxylic acids is 1. The van der Waals surface area contributed by atoms with Crippen LogP contribution >= 0.6 is 0 Å². The number of unbranched alkanes of at least 4 members (excludes halogenated alkanes) is 1. The third kappa shape index (κ3) is 8.52. The lowest BCUT2D eigenvalue weighted by molar-refractivity contribution is 0.0697. The van der Waals surface area contributed by atoms with E-state index in [1.165, 1.54) is 11.8 Å². The number of benzene rings is 2. The molecule has 5 rings (SSSR count). The Morgan fingerprint density at radius 3 is 2.50 bits per heavy atom. The van der Waals surface area contributed by atoms with E-state index in [1.54, 1.807) is 24.7 Å². The molecular weight excluding hydrogens is 578 g/mol. The van der Waals surface area contributed by atoms with Crippen molar-refractivity contribution in [1.29, 1.82) is 0 Å². The second-order valence-corrected chi connectivity index (χ2v) is 12.0. The minimum atomic E-state index is -0.950. The first-order chi connectivity index (χ1) is 22.4. The first-order valence-electron chi connectivity index (χ1n) is 16.1. The molecule has 1 aromatic heterocycles. The van der Waals surface area contributed by atoms with Crippen molar-refractivity contribution >= 4 is 5.97 Å². The fraction of sp³-hybridized carbons (Fsp3) is 0.342. The summed E-state index contributed by atoms with van der Waals surface area (Å²) in [6, 6.07) is 17.4. The van der Waals surface area contributed by atoms with E-state index < -0.39 is 5.97 Å². The normalized spacial score (nSPS) is 14.8. The van der Waals surface area contributed by atoms with E-state index in [4.69, 9.17) is 24.2 Å². The predicted molar refractivity (Wildman–Crippen MR) is 179 cm³/mol. The Hall–Kier alpha value is -4.69. The van der Waals surface area contributed by atoms with E-state index in [1.807, 2.05) is 30.3 Å². The van der Waals surface area contributed by atoms with Gasteiger partial charge in [0.1, 0.15) is 18.8 Å². The highest BCUT2D eigenvalue weighted by molar-refractivity contribution is 5.87. The van der Waals surface area contributed by atoms with Gasteiger partial charge in [-0.15, -0.1) is 0 Å². The third-order valence-corrected chi connectivity index (χ3v) is 7.94. The molecule has 0 radical (unpaired) electrons. The van der Waals surface area contributed by atoms with Crippen molar-refractivity contribution in [2.24, 2.45) is 5.92 Å². The number of carbonyl (C=O) groups is 1. The standard InChI is InChI=1S/C38H43N3O5/c1-4-5-16-32-33(39-38(46-25-27(2)3)40-35(32)29-12-8-6-9-13-29)24-41(23-28-17-19-31(20-18-28)37(42)43)36(30-14-10-7-11-15-30)34-26-44-21-22-45-34/h6-10,12-14,17-22,26-27,36H,4-5,11,15-16,23-25H2,1-3H3,(H,42,43). The first kappa shape index (κ1) is 32.7. The van der Waals surface area contributed by atoms with E-state index in [2.05, 4.69) is 56.0 Å². The van der Waals surface area contributed by atoms with Gasteiger partial charge in [0.15, 0.2) is 5.76 Å². The second kappa shape index (κ2) is 16.0. The Kier molecular flexibility index (Phi) is 11.4. The van der Waals surface area contributed by atoms with Gasteiger partial charge in [0.05, 0.1) is 29.6 Å². The molecule has 1 N–H and O–H groups in total. The number of rotatable bonds is 15. The van der Waals surface area contributed by atoms with Crippen LogP contribution in [0.2, 0.25) is 0 Å². The minimum Gasteiger partial charge on any atom is -0.478 e. The molecular formula is C38H43N3O5. The van der Waals surface area contributed by atoms with Gasteiger partial charge in [-0.05, 0) is 54.9 Å². The minimum absolute atomic E-state index is 0.251. The summed E-state index contributed by atoms with van der Waals surface area (Å²) in [7, 11) is 0. The monoisotopic (exact) mass is 621 g/mol. The van der Waals surface area contributed by atoms with Crippen LogP contribution in [0.1, 0.15) is 73.6 Å². The summed E-state index contributed by atoms with van der Waals surface area (Å²) in [6.07, 6.45) is 15.8. The number of carboxylic acids is 1. The topological polar surface area (TPSA) is 94.0 Å². The maximum atomic E-state index is 11.6. The third-order valence-electron chi connectivity index (χ3n) is 7.94. The van der Waals surface area contributed by atoms with Gasteiger partial charge in [0, 0.05) is 24.2 Å². The van der Waals surface area contributed by atoms with Crippen LogP contribution in [-0.2, 0) is 29.0 Å². The molecule has 8 nitrogen and oxygen atoms in total. The number of ether oxygens (including phenoxy) is 3. The molecule has 8 heteroatoms. The van der Waals surface area contributed by atoms with E-state index >= 15 is 0 Å². The van der Waals surface area contributed by atoms with Crippen LogP contribution in [0.25, 0.3) is 11.3 Å². The van der Waals surface area contributed by atoms with Crippen LogP contribution < -0.4 is 4.74 Å². The molecule has 2 aromatic carbocycles. The molecule has 0 saturated heterocycles. The van der Waals surface area contributed by atoms with Crippen LogP contribution in [0, 0.1) is 5.92 Å². The van der Waals surface area contributed by atoms with Crippen molar-refractivity contribution in [2.75, 3.05) is 6.61 Å². The molecule has 46 heavy (non-hydrogen) atoms. The van der Waals surface area contributed by atoms with Crippen molar-refractivity contribution in [1.82, 2.24) is 14.9 Å². The number of carboxylic acid groups (broad SMARTS) is 1. The zero-order chi connectivity index (χ0) is 32.3. The first-order valence-corrected chi connectivity index (χ1v) is 16.1. The maximum absolute atomic E-state index is 11.6. The Bertz CT molecular complexity index is 1590. The largest absolute Gasteiger partial charge is 0.478 e. The average molecular weight is 622 g/mol. The zero-order valence-corrected chi connectivity index (χ0v) is 26.9. The van der Waals surface area contributed by atoms with Gasteiger partial charge in [-0.2, -0.15) is 9.97 Å². The summed E-state index contributed by atoms with van der Waals surface area (Å²) >= 11 is 0. The molecule has 1 unspecified atom stereocenters. The van der Waals surface area contributed by atoms with E-state index in [0.29, 0.717) is 37.4 Å². The smallest absolute Gasteiger partial charge is 0.335 e. The summed E-state index contributed by atoms with van der Waals surface area (Å²) < 4.78 is 17.9. The summed E-state index contributed by atoms with van der Waals surface area (Å²) in [5.41, 5.74) is 6.32. The molecule has 2 aliphatic rings. The van der Waals surface area contributed by atoms with Gasteiger partial charge >= 0.3 is 12.0 Å². The molecule has 2 heterocycles. The molecule has 0 saturated carbocycles. The van der Waals surface area contributed by atoms with Crippen LogP contribution in [0.5, 0.6) is 6.01 Å². The Balaban J connectivity index is 1.65. The number of hydrogen-bond acceptors (Lipinski definition) is 7. The quantitative estimate of drug-likeness (QED) is 0.181. The SMILES string of the molecule is CCCCc1c(CN(Cc2ccc(C(=O)O)cc2)C(C2=CC=CCC2)C2=COC=CO2)nc(OCC(C)C)nc1-c1ccccc1. The Labute approximate surface area is 271 Å². The van der Waals surface area contributed by atoms with Crippen molar-refractivity contribution in [3.8, 4) is 17.3 Å². The number of nitrogens with zero attached hydrogens (tertiary/aromatic N) is 3. The van der Waals surface area contributed by atoms with Crippen LogP contribution in [0.3, 0.4) is 0 Å². The van der Waals surface area contributed by atoms with Crippen LogP contribution in [0.4, 0.5) is 0 Å². The summed E-state index contributed by atoms with van der Waals surface area (Å²) in [5.74, 6) is 0.0420. The summed E-state index contributed by atoms with van der Waals surface area (Å²) in [6.45, 7) is 7.89. The van der Waals surface area contributed by atoms with Crippen molar-refractivity contribution in [3.63, 3.8) is 0 Å². The molecule has 0 bridgehead atoms. The lowest BCUT2D eigenvalue weighted by atomic mass is 9.93. The second-order valence-electron chi connectivity index (χ2n) is 12.0. The van der Waals surface area contributed by atoms with Gasteiger partial charge in [-0.3, -0.25) is 4.90 Å². The van der Waals surface area contributed by atoms with Gasteiger partial charge in [0.25, 0.3) is 0 Å². The van der Waals surface area contributed by atoms with E-state index in [-0.39, 0.29) is 11.6 Å². The fourth-order valence-corrected chi connectivity index (χ4v) is 5.66. The van der Waals surface area contributed by atoms with E-state index in [0.717, 1.165) is 60.2 Å². The molecule has 3 aromatic rings. The van der Waals surface area contributed by atoms with Crippen molar-refractivity contribution < 1.29 is 24.1 Å². The molecule has 0 amide bonds. The average Bonchev–Trinajstić information content (AvgIpc) is 3.08. The molecule has 0 spiro atoms. The number of aromatic nitrogens is 2. The van der Waals surface area contributed by atoms with Crippen LogP contribution in [0.15, 0.2) is 103 Å². The molecule has 1 aliphatic carbocycles. The van der Waals surface area contributed by atoms with Gasteiger partial charge in [-0.1, -0.05) is 87.9 Å². The molecule has 240 valence electrons. The van der Waals surface area contributed by atoms with Crippen molar-refractivity contribution in [2.45, 2.75) is 72.0 Å². The molecule has 1 aliphatic heterocycles. The Morgan fingerprint density at radius 2 is 1.85 bits per heavy atom. The highest BCUT2D eigenvalue weighted by Gasteiger charge is 2.31. The summed E-state index contributed by atoms with van der Waals surface area (Å²) in [4.78, 5) is 24.0. The van der Waals surface area contributed by atoms with Gasteiger partial charge < -0.3 is 19.3 Å². The van der Waals surface area contributed by atoms with Gasteiger partial charge in [0.2, 0.25) is 0 Å².